The number of fused-ring (bicyclic) bond motifs is 4. The van der Waals surface area contributed by atoms with Crippen LogP contribution in [0.4, 0.5) is 0 Å². The van der Waals surface area contributed by atoms with Crippen molar-refractivity contribution in [1.29, 1.82) is 0 Å². The van der Waals surface area contributed by atoms with Gasteiger partial charge in [-0.3, -0.25) is 9.69 Å². The molecule has 0 aliphatic carbocycles. The molecule has 0 aromatic carbocycles. The third-order valence-corrected chi connectivity index (χ3v) is 8.27. The van der Waals surface area contributed by atoms with Gasteiger partial charge in [-0.1, -0.05) is 0 Å². The number of carbonyl (C=O) groups excluding carboxylic acids is 1. The summed E-state index contributed by atoms with van der Waals surface area (Å²) >= 11 is 5.78. The highest BCUT2D eigenvalue weighted by Gasteiger charge is 2.42. The Balaban J connectivity index is 1.49. The van der Waals surface area contributed by atoms with Gasteiger partial charge in [-0.05, 0) is 12.8 Å². The number of rotatable bonds is 3. The Morgan fingerprint density at radius 2 is 1.96 bits per heavy atom. The van der Waals surface area contributed by atoms with E-state index < -0.39 is 0 Å². The Labute approximate surface area is 150 Å². The number of thiazole rings is 1. The molecule has 5 rings (SSSR count). The van der Waals surface area contributed by atoms with Crippen molar-refractivity contribution in [2.24, 2.45) is 5.92 Å². The number of aromatic nitrogens is 1. The van der Waals surface area contributed by atoms with Crippen LogP contribution in [0.2, 0.25) is 0 Å². The summed E-state index contributed by atoms with van der Waals surface area (Å²) in [5, 5.41) is 2.07. The summed E-state index contributed by atoms with van der Waals surface area (Å²) in [5.74, 6) is 5.57. The second-order valence-electron chi connectivity index (χ2n) is 6.63. The molecule has 23 heavy (non-hydrogen) atoms. The fourth-order valence-electron chi connectivity index (χ4n) is 3.89. The Morgan fingerprint density at radius 1 is 1.13 bits per heavy atom. The minimum Gasteiger partial charge on any atom is -0.332 e. The van der Waals surface area contributed by atoms with Crippen molar-refractivity contribution in [1.82, 2.24) is 14.8 Å². The minimum absolute atomic E-state index is 0.200. The van der Waals surface area contributed by atoms with Gasteiger partial charge in [0.15, 0.2) is 0 Å². The summed E-state index contributed by atoms with van der Waals surface area (Å²) in [6, 6.07) is 1.02. The first kappa shape index (κ1) is 16.2. The molecule has 1 aromatic heterocycles. The first-order valence-corrected chi connectivity index (χ1v) is 11.6. The highest BCUT2D eigenvalue weighted by Crippen LogP contribution is 2.33. The molecule has 1 amide bonds. The predicted octanol–water partition coefficient (Wildman–Crippen LogP) is 2.41. The van der Waals surface area contributed by atoms with Crippen LogP contribution < -0.4 is 0 Å². The molecule has 0 spiro atoms. The van der Waals surface area contributed by atoms with Gasteiger partial charge in [-0.2, -0.15) is 23.5 Å². The maximum Gasteiger partial charge on any atom is 0.227 e. The van der Waals surface area contributed by atoms with Crippen LogP contribution in [0.25, 0.3) is 0 Å². The third-order valence-electron chi connectivity index (χ3n) is 5.15. The predicted molar refractivity (Wildman–Crippen MR) is 99.2 cm³/mol. The number of hydrogen-bond donors (Lipinski definition) is 0. The average molecular weight is 370 g/mol. The van der Waals surface area contributed by atoms with Crippen molar-refractivity contribution in [3.05, 3.63) is 16.6 Å². The summed E-state index contributed by atoms with van der Waals surface area (Å²) in [6.07, 6.45) is 2.23. The normalized spacial score (nSPS) is 30.4. The molecule has 7 heteroatoms. The van der Waals surface area contributed by atoms with E-state index in [2.05, 4.69) is 43.7 Å². The molecule has 4 aliphatic rings. The monoisotopic (exact) mass is 369 g/mol. The molecule has 4 saturated heterocycles. The highest BCUT2D eigenvalue weighted by atomic mass is 32.2. The molecule has 2 bridgehead atoms. The van der Waals surface area contributed by atoms with E-state index in [1.165, 1.54) is 23.0 Å². The second-order valence-corrected chi connectivity index (χ2v) is 9.65. The topological polar surface area (TPSA) is 36.4 Å². The lowest BCUT2D eigenvalue weighted by molar-refractivity contribution is -0.140. The van der Waals surface area contributed by atoms with Gasteiger partial charge < -0.3 is 4.90 Å². The maximum atomic E-state index is 12.9. The van der Waals surface area contributed by atoms with Crippen molar-refractivity contribution in [2.45, 2.75) is 31.5 Å². The molecular weight excluding hydrogens is 346 g/mol. The Morgan fingerprint density at radius 3 is 2.70 bits per heavy atom. The molecule has 1 aromatic rings. The molecule has 0 radical (unpaired) electrons. The fraction of sp³-hybridized carbons (Fsp3) is 0.750. The van der Waals surface area contributed by atoms with Crippen LogP contribution >= 0.6 is 34.9 Å². The fourth-order valence-corrected chi connectivity index (χ4v) is 7.06. The number of thioether (sulfide) groups is 2. The molecule has 4 aliphatic heterocycles. The number of nitrogens with zero attached hydrogens (tertiary/aromatic N) is 3. The zero-order valence-corrected chi connectivity index (χ0v) is 15.7. The summed E-state index contributed by atoms with van der Waals surface area (Å²) < 4.78 is 0. The van der Waals surface area contributed by atoms with E-state index in [0.29, 0.717) is 24.5 Å². The standard InChI is InChI=1S/C16H23N3OS3/c20-16-12-1-2-14(19(16)6-13-8-23-11-17-13)7-18(5-12)15-9-21-3-4-22-10-15/h8,11-12,14-15H,1-7,9-10H2/t12-,14+/m1/s1. The van der Waals surface area contributed by atoms with Gasteiger partial charge in [0, 0.05) is 53.6 Å². The van der Waals surface area contributed by atoms with Gasteiger partial charge in [0.2, 0.25) is 5.91 Å². The summed E-state index contributed by atoms with van der Waals surface area (Å²) in [6.45, 7) is 2.72. The lowest BCUT2D eigenvalue weighted by atomic mass is 9.94. The van der Waals surface area contributed by atoms with Crippen molar-refractivity contribution in [3.8, 4) is 0 Å². The van der Waals surface area contributed by atoms with Gasteiger partial charge in [-0.25, -0.2) is 4.98 Å². The first-order chi connectivity index (χ1) is 11.3. The van der Waals surface area contributed by atoms with Gasteiger partial charge in [0.05, 0.1) is 23.7 Å². The first-order valence-electron chi connectivity index (χ1n) is 8.38. The van der Waals surface area contributed by atoms with Gasteiger partial charge in [0.25, 0.3) is 0 Å². The molecule has 0 N–H and O–H groups in total. The number of amides is 1. The molecule has 2 atom stereocenters. The molecule has 4 fully saturated rings. The molecule has 126 valence electrons. The van der Waals surface area contributed by atoms with E-state index in [1.54, 1.807) is 11.3 Å². The minimum atomic E-state index is 0.200. The Kier molecular flexibility index (Phi) is 5.18. The molecule has 0 unspecified atom stereocenters. The maximum absolute atomic E-state index is 12.9. The number of hydrogen-bond acceptors (Lipinski definition) is 6. The van der Waals surface area contributed by atoms with Crippen molar-refractivity contribution < 1.29 is 4.79 Å². The van der Waals surface area contributed by atoms with Crippen molar-refractivity contribution in [2.75, 3.05) is 36.1 Å². The molecular formula is C16H23N3OS3. The van der Waals surface area contributed by atoms with Gasteiger partial charge in [0.1, 0.15) is 0 Å². The highest BCUT2D eigenvalue weighted by molar-refractivity contribution is 8.03. The SMILES string of the molecule is O=C1[C@@H]2CC[C@@H](CN(C3CSCCSC3)C2)N1Cc1cscn1. The smallest absolute Gasteiger partial charge is 0.227 e. The second kappa shape index (κ2) is 7.33. The molecule has 5 heterocycles. The van der Waals surface area contributed by atoms with Crippen LogP contribution in [-0.4, -0.2) is 68.9 Å². The summed E-state index contributed by atoms with van der Waals surface area (Å²) in [4.78, 5) is 22.0. The van der Waals surface area contributed by atoms with Crippen LogP contribution in [0.1, 0.15) is 18.5 Å². The zero-order chi connectivity index (χ0) is 15.6. The van der Waals surface area contributed by atoms with E-state index in [1.807, 2.05) is 5.51 Å². The largest absolute Gasteiger partial charge is 0.332 e. The third kappa shape index (κ3) is 3.57. The van der Waals surface area contributed by atoms with Crippen molar-refractivity contribution in [3.63, 3.8) is 0 Å². The van der Waals surface area contributed by atoms with E-state index in [0.717, 1.165) is 31.6 Å². The van der Waals surface area contributed by atoms with Crippen LogP contribution in [0.5, 0.6) is 0 Å². The van der Waals surface area contributed by atoms with Gasteiger partial charge >= 0.3 is 0 Å². The Hall–Kier alpha value is -0.240. The van der Waals surface area contributed by atoms with Gasteiger partial charge in [-0.15, -0.1) is 11.3 Å². The average Bonchev–Trinajstić information content (AvgIpc) is 2.77. The Bertz CT molecular complexity index is 531. The molecule has 4 nitrogen and oxygen atoms in total. The quantitative estimate of drug-likeness (QED) is 0.818. The number of piperidine rings is 1. The van der Waals surface area contributed by atoms with E-state index in [-0.39, 0.29) is 5.92 Å². The lowest BCUT2D eigenvalue weighted by Crippen LogP contribution is -2.48. The van der Waals surface area contributed by atoms with Crippen LogP contribution in [-0.2, 0) is 11.3 Å². The number of carbonyl (C=O) groups is 1. The lowest BCUT2D eigenvalue weighted by Gasteiger charge is -2.36. The summed E-state index contributed by atoms with van der Waals surface area (Å²) in [5.41, 5.74) is 2.91. The zero-order valence-electron chi connectivity index (χ0n) is 13.2. The van der Waals surface area contributed by atoms with Crippen LogP contribution in [0.15, 0.2) is 10.9 Å². The molecule has 0 saturated carbocycles. The van der Waals surface area contributed by atoms with Crippen LogP contribution in [0.3, 0.4) is 0 Å². The van der Waals surface area contributed by atoms with E-state index in [4.69, 9.17) is 0 Å². The van der Waals surface area contributed by atoms with Crippen LogP contribution in [0, 0.1) is 5.92 Å². The van der Waals surface area contributed by atoms with Crippen molar-refractivity contribution >= 4 is 40.8 Å². The van der Waals surface area contributed by atoms with E-state index in [9.17, 15) is 4.79 Å². The summed E-state index contributed by atoms with van der Waals surface area (Å²) in [7, 11) is 0. The van der Waals surface area contributed by atoms with E-state index >= 15 is 0 Å².